The summed E-state index contributed by atoms with van der Waals surface area (Å²) >= 11 is 5.71. The molecule has 0 amide bonds. The van der Waals surface area contributed by atoms with Crippen molar-refractivity contribution in [1.29, 1.82) is 0 Å². The molecule has 0 unspecified atom stereocenters. The minimum atomic E-state index is 0.378. The van der Waals surface area contributed by atoms with E-state index in [1.807, 2.05) is 0 Å². The molecule has 0 saturated carbocycles. The highest BCUT2D eigenvalue weighted by Crippen LogP contribution is 2.08. The third-order valence-electron chi connectivity index (χ3n) is 1.74. The lowest BCUT2D eigenvalue weighted by Gasteiger charge is -1.94. The average Bonchev–Trinajstić information content (AvgIpc) is 2.76. The van der Waals surface area contributed by atoms with Crippen molar-refractivity contribution in [3.05, 3.63) is 34.9 Å². The quantitative estimate of drug-likeness (QED) is 0.825. The zero-order valence-corrected chi connectivity index (χ0v) is 8.11. The molecule has 0 atom stereocenters. The van der Waals surface area contributed by atoms with Gasteiger partial charge in [0, 0.05) is 18.8 Å². The third-order valence-corrected chi connectivity index (χ3v) is 1.93. The zero-order chi connectivity index (χ0) is 9.97. The van der Waals surface area contributed by atoms with E-state index in [9.17, 15) is 0 Å². The Balaban J connectivity index is 2.10. The maximum Gasteiger partial charge on any atom is 0.158 e. The predicted octanol–water partition coefficient (Wildman–Crippen LogP) is 1.03. The summed E-state index contributed by atoms with van der Waals surface area (Å²) in [6.07, 6.45) is 3.29. The van der Waals surface area contributed by atoms with Gasteiger partial charge in [0.2, 0.25) is 0 Å². The number of nitrogens with two attached hydrogens (primary N) is 1. The Morgan fingerprint density at radius 3 is 3.00 bits per heavy atom. The fourth-order valence-electron chi connectivity index (χ4n) is 1.11. The highest BCUT2D eigenvalue weighted by molar-refractivity contribution is 6.30. The van der Waals surface area contributed by atoms with Gasteiger partial charge in [-0.05, 0) is 0 Å². The largest absolute Gasteiger partial charge is 0.359 e. The molecule has 14 heavy (non-hydrogen) atoms. The van der Waals surface area contributed by atoms with Crippen molar-refractivity contribution in [2.45, 2.75) is 13.1 Å². The van der Waals surface area contributed by atoms with Crippen molar-refractivity contribution in [3.63, 3.8) is 0 Å². The van der Waals surface area contributed by atoms with Crippen LogP contribution < -0.4 is 5.73 Å². The van der Waals surface area contributed by atoms with Gasteiger partial charge in [0.05, 0.1) is 16.9 Å². The molecule has 0 aliphatic rings. The Hall–Kier alpha value is -1.33. The fraction of sp³-hybridized carbons (Fsp3) is 0.250. The highest BCUT2D eigenvalue weighted by atomic mass is 35.5. The SMILES string of the molecule is NCc1cc(Cn2cc(Cl)cn2)on1. The molecular formula is C8H9ClN4O. The predicted molar refractivity (Wildman–Crippen MR) is 50.7 cm³/mol. The van der Waals surface area contributed by atoms with E-state index in [1.165, 1.54) is 0 Å². The van der Waals surface area contributed by atoms with Crippen LogP contribution in [0, 0.1) is 0 Å². The maximum atomic E-state index is 5.71. The molecule has 5 nitrogen and oxygen atoms in total. The Kier molecular flexibility index (Phi) is 2.51. The lowest BCUT2D eigenvalue weighted by atomic mass is 10.3. The monoisotopic (exact) mass is 212 g/mol. The molecule has 2 heterocycles. The van der Waals surface area contributed by atoms with E-state index in [0.29, 0.717) is 23.9 Å². The van der Waals surface area contributed by atoms with Gasteiger partial charge < -0.3 is 10.3 Å². The van der Waals surface area contributed by atoms with Crippen molar-refractivity contribution in [1.82, 2.24) is 14.9 Å². The van der Waals surface area contributed by atoms with Gasteiger partial charge in [0.1, 0.15) is 6.54 Å². The molecule has 2 aromatic rings. The second-order valence-corrected chi connectivity index (χ2v) is 3.28. The molecule has 0 radical (unpaired) electrons. The molecule has 0 aliphatic carbocycles. The zero-order valence-electron chi connectivity index (χ0n) is 7.35. The van der Waals surface area contributed by atoms with Crippen LogP contribution in [0.5, 0.6) is 0 Å². The Morgan fingerprint density at radius 2 is 2.43 bits per heavy atom. The van der Waals surface area contributed by atoms with Crippen LogP contribution in [0.4, 0.5) is 0 Å². The van der Waals surface area contributed by atoms with Gasteiger partial charge in [-0.3, -0.25) is 4.68 Å². The van der Waals surface area contributed by atoms with E-state index in [2.05, 4.69) is 10.3 Å². The molecular weight excluding hydrogens is 204 g/mol. The maximum absolute atomic E-state index is 5.71. The van der Waals surface area contributed by atoms with Gasteiger partial charge in [-0.2, -0.15) is 5.10 Å². The standard InChI is InChI=1S/C8H9ClN4O/c9-6-3-11-13(4-6)5-8-1-7(2-10)12-14-8/h1,3-4H,2,5,10H2. The van der Waals surface area contributed by atoms with Crippen LogP contribution >= 0.6 is 11.6 Å². The molecule has 0 aromatic carbocycles. The first kappa shape index (κ1) is 9.23. The van der Waals surface area contributed by atoms with Crippen LogP contribution in [0.25, 0.3) is 0 Å². The van der Waals surface area contributed by atoms with E-state index in [-0.39, 0.29) is 0 Å². The number of hydrogen-bond donors (Lipinski definition) is 1. The molecule has 0 bridgehead atoms. The first-order chi connectivity index (χ1) is 6.78. The van der Waals surface area contributed by atoms with Crippen LogP contribution in [-0.2, 0) is 13.1 Å². The Bertz CT molecular complexity index is 422. The van der Waals surface area contributed by atoms with Gasteiger partial charge in [-0.15, -0.1) is 0 Å². The van der Waals surface area contributed by atoms with Crippen LogP contribution in [0.15, 0.2) is 23.0 Å². The number of rotatable bonds is 3. The first-order valence-corrected chi connectivity index (χ1v) is 4.48. The van der Waals surface area contributed by atoms with Crippen LogP contribution in [0.2, 0.25) is 5.02 Å². The molecule has 74 valence electrons. The number of hydrogen-bond acceptors (Lipinski definition) is 4. The summed E-state index contributed by atoms with van der Waals surface area (Å²) in [5, 5.41) is 8.38. The number of halogens is 1. The van der Waals surface area contributed by atoms with Gasteiger partial charge in [-0.1, -0.05) is 16.8 Å². The summed E-state index contributed by atoms with van der Waals surface area (Å²) in [6.45, 7) is 0.892. The topological polar surface area (TPSA) is 69.9 Å². The van der Waals surface area contributed by atoms with Gasteiger partial charge in [0.25, 0.3) is 0 Å². The summed E-state index contributed by atoms with van der Waals surface area (Å²) < 4.78 is 6.70. The van der Waals surface area contributed by atoms with Gasteiger partial charge >= 0.3 is 0 Å². The summed E-state index contributed by atoms with van der Waals surface area (Å²) in [6, 6.07) is 1.80. The van der Waals surface area contributed by atoms with E-state index in [4.69, 9.17) is 21.9 Å². The molecule has 0 fully saturated rings. The van der Waals surface area contributed by atoms with Crippen LogP contribution in [0.3, 0.4) is 0 Å². The number of nitrogens with zero attached hydrogens (tertiary/aromatic N) is 3. The lowest BCUT2D eigenvalue weighted by molar-refractivity contribution is 0.366. The molecule has 2 aromatic heterocycles. The summed E-state index contributed by atoms with van der Waals surface area (Å²) in [5.41, 5.74) is 6.13. The second-order valence-electron chi connectivity index (χ2n) is 2.84. The van der Waals surface area contributed by atoms with E-state index in [1.54, 1.807) is 23.1 Å². The van der Waals surface area contributed by atoms with E-state index < -0.39 is 0 Å². The minimum Gasteiger partial charge on any atom is -0.359 e. The van der Waals surface area contributed by atoms with Crippen molar-refractivity contribution in [2.75, 3.05) is 0 Å². The highest BCUT2D eigenvalue weighted by Gasteiger charge is 2.04. The minimum absolute atomic E-state index is 0.378. The van der Waals surface area contributed by atoms with E-state index in [0.717, 1.165) is 5.69 Å². The summed E-state index contributed by atoms with van der Waals surface area (Å²) in [4.78, 5) is 0. The lowest BCUT2D eigenvalue weighted by Crippen LogP contribution is -1.98. The second kappa shape index (κ2) is 3.81. The molecule has 0 spiro atoms. The molecule has 2 rings (SSSR count). The van der Waals surface area contributed by atoms with Crippen molar-refractivity contribution in [2.24, 2.45) is 5.73 Å². The van der Waals surface area contributed by atoms with Gasteiger partial charge in [0.15, 0.2) is 5.76 Å². The van der Waals surface area contributed by atoms with Crippen molar-refractivity contribution < 1.29 is 4.52 Å². The van der Waals surface area contributed by atoms with Crippen molar-refractivity contribution in [3.8, 4) is 0 Å². The van der Waals surface area contributed by atoms with Crippen LogP contribution in [0.1, 0.15) is 11.5 Å². The normalized spacial score (nSPS) is 10.7. The molecule has 0 saturated heterocycles. The smallest absolute Gasteiger partial charge is 0.158 e. The summed E-state index contributed by atoms with van der Waals surface area (Å²) in [7, 11) is 0. The molecule has 2 N–H and O–H groups in total. The van der Waals surface area contributed by atoms with E-state index >= 15 is 0 Å². The Labute approximate surface area is 85.4 Å². The fourth-order valence-corrected chi connectivity index (χ4v) is 1.27. The molecule has 6 heteroatoms. The Morgan fingerprint density at radius 1 is 1.57 bits per heavy atom. The van der Waals surface area contributed by atoms with Gasteiger partial charge in [-0.25, -0.2) is 0 Å². The van der Waals surface area contributed by atoms with Crippen LogP contribution in [-0.4, -0.2) is 14.9 Å². The summed E-state index contributed by atoms with van der Waals surface area (Å²) in [5.74, 6) is 0.713. The molecule has 0 aliphatic heterocycles. The first-order valence-electron chi connectivity index (χ1n) is 4.10. The third kappa shape index (κ3) is 1.94. The van der Waals surface area contributed by atoms with Crippen molar-refractivity contribution >= 4 is 11.6 Å². The number of aromatic nitrogens is 3. The average molecular weight is 213 g/mol.